The molecule has 0 saturated carbocycles. The summed E-state index contributed by atoms with van der Waals surface area (Å²) in [5, 5.41) is 22.9. The first-order valence-corrected chi connectivity index (χ1v) is 8.65. The van der Waals surface area contributed by atoms with Crippen molar-refractivity contribution in [1.82, 2.24) is 10.3 Å². The molecule has 1 atom stereocenters. The van der Waals surface area contributed by atoms with E-state index in [2.05, 4.69) is 15.0 Å². The molecule has 0 aliphatic heterocycles. The molecule has 1 unspecified atom stereocenters. The molecule has 1 aromatic carbocycles. The van der Waals surface area contributed by atoms with Crippen LogP contribution in [0.15, 0.2) is 36.5 Å². The Morgan fingerprint density at radius 2 is 1.96 bits per heavy atom. The molecule has 0 saturated heterocycles. The van der Waals surface area contributed by atoms with Crippen molar-refractivity contribution in [3.05, 3.63) is 58.9 Å². The molecule has 27 heavy (non-hydrogen) atoms. The average Bonchev–Trinajstić information content (AvgIpc) is 2.67. The third-order valence-electron chi connectivity index (χ3n) is 4.36. The van der Waals surface area contributed by atoms with Crippen LogP contribution in [0.1, 0.15) is 28.8 Å². The molecule has 2 rings (SSSR count). The number of carboxylic acids is 1. The molecule has 0 fully saturated rings. The van der Waals surface area contributed by atoms with Gasteiger partial charge in [0.2, 0.25) is 0 Å². The smallest absolute Gasteiger partial charge is 0.321 e. The van der Waals surface area contributed by atoms with Crippen LogP contribution in [0.5, 0.6) is 5.75 Å². The maximum absolute atomic E-state index is 11.6. The zero-order valence-electron chi connectivity index (χ0n) is 15.4. The third kappa shape index (κ3) is 5.79. The SMILES string of the molecule is COC(=O)CCc1cnc(C)c(O)c1CNC(Cc1ccccc1)C(=O)O. The lowest BCUT2D eigenvalue weighted by molar-refractivity contribution is -0.141. The van der Waals surface area contributed by atoms with Crippen molar-refractivity contribution < 1.29 is 24.5 Å². The number of benzene rings is 1. The largest absolute Gasteiger partial charge is 0.506 e. The van der Waals surface area contributed by atoms with Crippen LogP contribution >= 0.6 is 0 Å². The third-order valence-corrected chi connectivity index (χ3v) is 4.36. The lowest BCUT2D eigenvalue weighted by atomic mass is 10.0. The number of hydrogen-bond acceptors (Lipinski definition) is 6. The van der Waals surface area contributed by atoms with Crippen molar-refractivity contribution in [3.8, 4) is 5.75 Å². The van der Waals surface area contributed by atoms with Crippen LogP contribution in [-0.2, 0) is 33.7 Å². The minimum atomic E-state index is -0.972. The summed E-state index contributed by atoms with van der Waals surface area (Å²) < 4.78 is 4.65. The lowest BCUT2D eigenvalue weighted by Gasteiger charge is -2.18. The van der Waals surface area contributed by atoms with Gasteiger partial charge in [0.25, 0.3) is 0 Å². The van der Waals surface area contributed by atoms with E-state index in [1.165, 1.54) is 7.11 Å². The molecule has 0 aliphatic carbocycles. The van der Waals surface area contributed by atoms with E-state index in [-0.39, 0.29) is 24.7 Å². The van der Waals surface area contributed by atoms with Crippen LogP contribution in [0.3, 0.4) is 0 Å². The molecule has 7 heteroatoms. The first-order chi connectivity index (χ1) is 12.9. The topological polar surface area (TPSA) is 109 Å². The summed E-state index contributed by atoms with van der Waals surface area (Å²) in [6.45, 7) is 1.82. The quantitative estimate of drug-likeness (QED) is 0.578. The molecule has 1 heterocycles. The standard InChI is InChI=1S/C20H24N2O5/c1-13-19(24)16(15(11-21-13)8-9-18(23)27-2)12-22-17(20(25)26)10-14-6-4-3-5-7-14/h3-7,11,17,22,24H,8-10,12H2,1-2H3,(H,25,26). The van der Waals surface area contributed by atoms with E-state index in [1.807, 2.05) is 30.3 Å². The van der Waals surface area contributed by atoms with Crippen LogP contribution in [0.25, 0.3) is 0 Å². The Morgan fingerprint density at radius 3 is 2.59 bits per heavy atom. The van der Waals surface area contributed by atoms with Crippen molar-refractivity contribution in [2.45, 2.75) is 38.8 Å². The number of aromatic nitrogens is 1. The van der Waals surface area contributed by atoms with Gasteiger partial charge in [0.1, 0.15) is 11.8 Å². The van der Waals surface area contributed by atoms with Gasteiger partial charge in [-0.25, -0.2) is 0 Å². The second kappa shape index (κ2) is 9.68. The number of nitrogens with one attached hydrogen (secondary N) is 1. The Kier molecular flexibility index (Phi) is 7.31. The fourth-order valence-corrected chi connectivity index (χ4v) is 2.76. The van der Waals surface area contributed by atoms with E-state index in [9.17, 15) is 19.8 Å². The highest BCUT2D eigenvalue weighted by atomic mass is 16.5. The Hall–Kier alpha value is -2.93. The van der Waals surface area contributed by atoms with Gasteiger partial charge in [-0.2, -0.15) is 0 Å². The summed E-state index contributed by atoms with van der Waals surface area (Å²) in [5.41, 5.74) is 2.58. The lowest BCUT2D eigenvalue weighted by Crippen LogP contribution is -2.38. The molecule has 144 valence electrons. The van der Waals surface area contributed by atoms with Gasteiger partial charge < -0.3 is 14.9 Å². The molecular formula is C20H24N2O5. The van der Waals surface area contributed by atoms with E-state index in [1.54, 1.807) is 13.1 Å². The second-order valence-electron chi connectivity index (χ2n) is 6.23. The number of carboxylic acid groups (broad SMARTS) is 1. The number of methoxy groups -OCH3 is 1. The number of aliphatic carboxylic acids is 1. The molecular weight excluding hydrogens is 348 g/mol. The minimum Gasteiger partial charge on any atom is -0.506 e. The first-order valence-electron chi connectivity index (χ1n) is 8.65. The normalized spacial score (nSPS) is 11.8. The molecule has 7 nitrogen and oxygen atoms in total. The van der Waals surface area contributed by atoms with Crippen LogP contribution < -0.4 is 5.32 Å². The molecule has 0 bridgehead atoms. The number of nitrogens with zero attached hydrogens (tertiary/aromatic N) is 1. The minimum absolute atomic E-state index is 0.00807. The summed E-state index contributed by atoms with van der Waals surface area (Å²) in [5.74, 6) is -1.32. The van der Waals surface area contributed by atoms with Crippen LogP contribution in [0.4, 0.5) is 0 Å². The summed E-state index contributed by atoms with van der Waals surface area (Å²) in [6.07, 6.45) is 2.42. The van der Waals surface area contributed by atoms with E-state index in [0.29, 0.717) is 29.7 Å². The zero-order valence-corrected chi connectivity index (χ0v) is 15.4. The highest BCUT2D eigenvalue weighted by Crippen LogP contribution is 2.25. The molecule has 0 amide bonds. The average molecular weight is 372 g/mol. The Morgan fingerprint density at radius 1 is 1.26 bits per heavy atom. The summed E-state index contributed by atoms with van der Waals surface area (Å²) >= 11 is 0. The van der Waals surface area contributed by atoms with Gasteiger partial charge in [-0.15, -0.1) is 0 Å². The van der Waals surface area contributed by atoms with Gasteiger partial charge in [0.05, 0.1) is 12.8 Å². The predicted molar refractivity (Wildman–Crippen MR) is 99.4 cm³/mol. The van der Waals surface area contributed by atoms with Crippen molar-refractivity contribution >= 4 is 11.9 Å². The fourth-order valence-electron chi connectivity index (χ4n) is 2.76. The Balaban J connectivity index is 2.14. The number of esters is 1. The van der Waals surface area contributed by atoms with E-state index in [0.717, 1.165) is 5.56 Å². The van der Waals surface area contributed by atoms with Crippen LogP contribution in [0.2, 0.25) is 0 Å². The maximum Gasteiger partial charge on any atom is 0.321 e. The maximum atomic E-state index is 11.6. The van der Waals surface area contributed by atoms with Gasteiger partial charge in [-0.1, -0.05) is 30.3 Å². The molecule has 0 aliphatic rings. The van der Waals surface area contributed by atoms with Gasteiger partial charge in [-0.3, -0.25) is 19.9 Å². The van der Waals surface area contributed by atoms with Crippen molar-refractivity contribution in [2.75, 3.05) is 7.11 Å². The predicted octanol–water partition coefficient (Wildman–Crippen LogP) is 1.99. The highest BCUT2D eigenvalue weighted by molar-refractivity contribution is 5.74. The summed E-state index contributed by atoms with van der Waals surface area (Å²) in [7, 11) is 1.32. The van der Waals surface area contributed by atoms with Gasteiger partial charge >= 0.3 is 11.9 Å². The van der Waals surface area contributed by atoms with Crippen LogP contribution in [-0.4, -0.2) is 40.3 Å². The summed E-state index contributed by atoms with van der Waals surface area (Å²) in [6, 6.07) is 8.52. The van der Waals surface area contributed by atoms with E-state index in [4.69, 9.17) is 0 Å². The van der Waals surface area contributed by atoms with E-state index >= 15 is 0 Å². The Labute approximate surface area is 158 Å². The summed E-state index contributed by atoms with van der Waals surface area (Å²) in [4.78, 5) is 27.2. The van der Waals surface area contributed by atoms with Gasteiger partial charge in [-0.05, 0) is 30.9 Å². The monoisotopic (exact) mass is 372 g/mol. The number of hydrogen-bond donors (Lipinski definition) is 3. The van der Waals surface area contributed by atoms with Crippen molar-refractivity contribution in [1.29, 1.82) is 0 Å². The molecule has 2 aromatic rings. The number of aryl methyl sites for hydroxylation is 2. The zero-order chi connectivity index (χ0) is 19.8. The number of carbonyl (C=O) groups excluding carboxylic acids is 1. The van der Waals surface area contributed by atoms with Crippen molar-refractivity contribution in [3.63, 3.8) is 0 Å². The fraction of sp³-hybridized carbons (Fsp3) is 0.350. The second-order valence-corrected chi connectivity index (χ2v) is 6.23. The van der Waals surface area contributed by atoms with Crippen molar-refractivity contribution in [2.24, 2.45) is 0 Å². The number of aromatic hydroxyl groups is 1. The van der Waals surface area contributed by atoms with Gasteiger partial charge in [0, 0.05) is 24.7 Å². The van der Waals surface area contributed by atoms with Gasteiger partial charge in [0.15, 0.2) is 0 Å². The number of pyridine rings is 1. The first kappa shape index (κ1) is 20.4. The highest BCUT2D eigenvalue weighted by Gasteiger charge is 2.20. The molecule has 0 spiro atoms. The number of ether oxygens (including phenoxy) is 1. The molecule has 0 radical (unpaired) electrons. The van der Waals surface area contributed by atoms with Crippen LogP contribution in [0, 0.1) is 6.92 Å². The number of carbonyl (C=O) groups is 2. The Bertz CT molecular complexity index is 792. The van der Waals surface area contributed by atoms with E-state index < -0.39 is 12.0 Å². The number of rotatable bonds is 9. The molecule has 1 aromatic heterocycles. The molecule has 3 N–H and O–H groups in total.